The van der Waals surface area contributed by atoms with Gasteiger partial charge in [-0.3, -0.25) is 14.4 Å². The largest absolute Gasteiger partial charge is 0.335 e. The zero-order valence-electron chi connectivity index (χ0n) is 18.9. The Hall–Kier alpha value is -3.54. The molecule has 0 unspecified atom stereocenters. The third kappa shape index (κ3) is 4.58. The van der Waals surface area contributed by atoms with E-state index in [4.69, 9.17) is 5.26 Å². The van der Waals surface area contributed by atoms with Crippen LogP contribution in [0.2, 0.25) is 0 Å². The number of nitrogens with zero attached hydrogens (tertiary/aromatic N) is 5. The second kappa shape index (κ2) is 9.37. The molecule has 1 aliphatic rings. The van der Waals surface area contributed by atoms with Crippen molar-refractivity contribution >= 4 is 27.5 Å². The number of benzene rings is 2. The monoisotopic (exact) mass is 473 g/mol. The first-order valence-corrected chi connectivity index (χ1v) is 12.0. The highest BCUT2D eigenvalue weighted by molar-refractivity contribution is 7.20. The van der Waals surface area contributed by atoms with Crippen LogP contribution in [0.5, 0.6) is 0 Å². The summed E-state index contributed by atoms with van der Waals surface area (Å²) < 4.78 is 15.1. The number of aryl methyl sites for hydroxylation is 1. The normalized spacial score (nSPS) is 14.4. The van der Waals surface area contributed by atoms with Crippen molar-refractivity contribution in [3.63, 3.8) is 0 Å². The first kappa shape index (κ1) is 22.3. The molecule has 0 aliphatic carbocycles. The van der Waals surface area contributed by atoms with E-state index in [2.05, 4.69) is 16.1 Å². The Labute approximate surface area is 201 Å². The summed E-state index contributed by atoms with van der Waals surface area (Å²) in [5, 5.41) is 14.6. The van der Waals surface area contributed by atoms with Gasteiger partial charge in [-0.05, 0) is 48.4 Å². The molecule has 1 amide bonds. The van der Waals surface area contributed by atoms with Crippen molar-refractivity contribution in [1.82, 2.24) is 19.6 Å². The van der Waals surface area contributed by atoms with Crippen molar-refractivity contribution in [2.24, 2.45) is 0 Å². The topological polar surface area (TPSA) is 65.2 Å². The fourth-order valence-electron chi connectivity index (χ4n) is 4.30. The number of carbonyl (C=O) groups excluding carboxylic acids is 1. The van der Waals surface area contributed by atoms with Crippen molar-refractivity contribution in [2.75, 3.05) is 26.2 Å². The van der Waals surface area contributed by atoms with Crippen molar-refractivity contribution in [1.29, 1.82) is 5.26 Å². The zero-order valence-corrected chi connectivity index (χ0v) is 19.7. The van der Waals surface area contributed by atoms with Gasteiger partial charge in [0.1, 0.15) is 10.6 Å². The third-order valence-electron chi connectivity index (χ3n) is 6.21. The van der Waals surface area contributed by atoms with E-state index in [0.29, 0.717) is 25.2 Å². The maximum atomic E-state index is 13.2. The summed E-state index contributed by atoms with van der Waals surface area (Å²) in [6.07, 6.45) is 0. The van der Waals surface area contributed by atoms with Crippen LogP contribution in [0, 0.1) is 24.1 Å². The van der Waals surface area contributed by atoms with Crippen LogP contribution < -0.4 is 0 Å². The van der Waals surface area contributed by atoms with Crippen molar-refractivity contribution in [2.45, 2.75) is 20.0 Å². The highest BCUT2D eigenvalue weighted by Crippen LogP contribution is 2.30. The van der Waals surface area contributed by atoms with Gasteiger partial charge in [0.15, 0.2) is 0 Å². The van der Waals surface area contributed by atoms with E-state index in [1.165, 1.54) is 29.0 Å². The van der Waals surface area contributed by atoms with Crippen molar-refractivity contribution in [3.05, 3.63) is 87.7 Å². The number of thiophene rings is 1. The summed E-state index contributed by atoms with van der Waals surface area (Å²) in [4.78, 5) is 19.2. The second-order valence-electron chi connectivity index (χ2n) is 8.58. The Bertz CT molecular complexity index is 1360. The minimum atomic E-state index is -0.258. The summed E-state index contributed by atoms with van der Waals surface area (Å²) in [6.45, 7) is 6.30. The third-order valence-corrected chi connectivity index (χ3v) is 7.35. The van der Waals surface area contributed by atoms with Crippen molar-refractivity contribution < 1.29 is 9.18 Å². The first-order chi connectivity index (χ1) is 16.5. The maximum Gasteiger partial charge on any atom is 0.264 e. The number of nitriles is 1. The van der Waals surface area contributed by atoms with E-state index in [0.717, 1.165) is 46.0 Å². The molecule has 2 aromatic carbocycles. The highest BCUT2D eigenvalue weighted by atomic mass is 32.1. The van der Waals surface area contributed by atoms with E-state index in [1.54, 1.807) is 12.1 Å². The van der Waals surface area contributed by atoms with E-state index in [-0.39, 0.29) is 11.7 Å². The fraction of sp³-hybridized carbons (Fsp3) is 0.269. The number of aromatic nitrogens is 2. The minimum absolute atomic E-state index is 0.0620. The number of halogens is 1. The molecule has 0 atom stereocenters. The summed E-state index contributed by atoms with van der Waals surface area (Å²) in [6, 6.07) is 18.2. The number of fused-ring (bicyclic) bond motifs is 1. The minimum Gasteiger partial charge on any atom is -0.335 e. The highest BCUT2D eigenvalue weighted by Gasteiger charge is 2.25. The van der Waals surface area contributed by atoms with Crippen LogP contribution in [0.4, 0.5) is 4.39 Å². The molecule has 8 heteroatoms. The zero-order chi connectivity index (χ0) is 23.7. The number of rotatable bonds is 5. The van der Waals surface area contributed by atoms with E-state index >= 15 is 0 Å². The van der Waals surface area contributed by atoms with E-state index < -0.39 is 0 Å². The molecule has 2 aromatic heterocycles. The maximum absolute atomic E-state index is 13.2. The van der Waals surface area contributed by atoms with E-state index in [9.17, 15) is 9.18 Å². The quantitative estimate of drug-likeness (QED) is 0.430. The molecule has 4 aromatic rings. The molecule has 0 N–H and O–H groups in total. The molecule has 5 rings (SSSR count). The lowest BCUT2D eigenvalue weighted by Crippen LogP contribution is -2.48. The first-order valence-electron chi connectivity index (χ1n) is 11.2. The molecule has 0 spiro atoms. The molecule has 0 bridgehead atoms. The summed E-state index contributed by atoms with van der Waals surface area (Å²) in [5.74, 6) is -0.196. The van der Waals surface area contributed by atoms with Gasteiger partial charge in [-0.25, -0.2) is 4.39 Å². The van der Waals surface area contributed by atoms with Crippen LogP contribution >= 0.6 is 11.3 Å². The Morgan fingerprint density at radius 2 is 1.68 bits per heavy atom. The summed E-state index contributed by atoms with van der Waals surface area (Å²) in [7, 11) is 0. The van der Waals surface area contributed by atoms with Gasteiger partial charge in [-0.15, -0.1) is 11.3 Å². The van der Waals surface area contributed by atoms with Gasteiger partial charge in [0, 0.05) is 38.1 Å². The SMILES string of the molecule is Cc1nn(Cc2ccc(F)cc2)c2sc(C(=O)N3CCN(Cc4ccc(C#N)cc4)CC3)cc12. The predicted octanol–water partition coefficient (Wildman–Crippen LogP) is 4.42. The number of amides is 1. The number of hydrogen-bond acceptors (Lipinski definition) is 5. The van der Waals surface area contributed by atoms with Crippen LogP contribution in [0.25, 0.3) is 10.2 Å². The molecule has 34 heavy (non-hydrogen) atoms. The lowest BCUT2D eigenvalue weighted by molar-refractivity contribution is 0.0633. The summed E-state index contributed by atoms with van der Waals surface area (Å²) >= 11 is 1.47. The Morgan fingerprint density at radius 3 is 2.35 bits per heavy atom. The van der Waals surface area contributed by atoms with E-state index in [1.807, 2.05) is 46.8 Å². The van der Waals surface area contributed by atoms with Gasteiger partial charge in [-0.1, -0.05) is 24.3 Å². The number of piperazine rings is 1. The molecular weight excluding hydrogens is 449 g/mol. The fourth-order valence-corrected chi connectivity index (χ4v) is 5.42. The van der Waals surface area contributed by atoms with Crippen LogP contribution in [0.15, 0.2) is 54.6 Å². The molecule has 3 heterocycles. The van der Waals surface area contributed by atoms with Gasteiger partial charge in [0.05, 0.1) is 28.7 Å². The number of carbonyl (C=O) groups is 1. The van der Waals surface area contributed by atoms with Crippen LogP contribution in [-0.4, -0.2) is 51.7 Å². The molecule has 0 radical (unpaired) electrons. The van der Waals surface area contributed by atoms with Crippen LogP contribution in [0.1, 0.15) is 32.1 Å². The Kier molecular flexibility index (Phi) is 6.14. The Balaban J connectivity index is 1.25. The van der Waals surface area contributed by atoms with Gasteiger partial charge in [-0.2, -0.15) is 10.4 Å². The lowest BCUT2D eigenvalue weighted by atomic mass is 10.1. The van der Waals surface area contributed by atoms with Gasteiger partial charge in [0.25, 0.3) is 5.91 Å². The smallest absolute Gasteiger partial charge is 0.264 e. The standard InChI is InChI=1S/C26H24FN5OS/c1-18-23-14-24(34-26(23)32(29-18)17-21-6-8-22(27)9-7-21)25(33)31-12-10-30(11-13-31)16-20-4-2-19(15-28)3-5-20/h2-9,14H,10-13,16-17H2,1H3. The predicted molar refractivity (Wildman–Crippen MR) is 130 cm³/mol. The van der Waals surface area contributed by atoms with Crippen molar-refractivity contribution in [3.8, 4) is 6.07 Å². The average molecular weight is 474 g/mol. The van der Waals surface area contributed by atoms with Gasteiger partial charge in [0.2, 0.25) is 0 Å². The lowest BCUT2D eigenvalue weighted by Gasteiger charge is -2.34. The van der Waals surface area contributed by atoms with Gasteiger partial charge < -0.3 is 4.90 Å². The molecular formula is C26H24FN5OS. The Morgan fingerprint density at radius 1 is 1.03 bits per heavy atom. The molecule has 1 fully saturated rings. The average Bonchev–Trinajstić information content (AvgIpc) is 3.42. The number of hydrogen-bond donors (Lipinski definition) is 0. The second-order valence-corrected chi connectivity index (χ2v) is 9.61. The molecule has 1 saturated heterocycles. The summed E-state index contributed by atoms with van der Waals surface area (Å²) in [5.41, 5.74) is 3.69. The van der Waals surface area contributed by atoms with Crippen LogP contribution in [0.3, 0.4) is 0 Å². The van der Waals surface area contributed by atoms with Crippen LogP contribution in [-0.2, 0) is 13.1 Å². The van der Waals surface area contributed by atoms with Gasteiger partial charge >= 0.3 is 0 Å². The molecule has 172 valence electrons. The molecule has 1 aliphatic heterocycles. The molecule has 0 saturated carbocycles. The molecule has 6 nitrogen and oxygen atoms in total.